The Labute approximate surface area is 125 Å². The summed E-state index contributed by atoms with van der Waals surface area (Å²) in [6.45, 7) is 2.30. The Morgan fingerprint density at radius 3 is 2.55 bits per heavy atom. The maximum absolute atomic E-state index is 11.8. The number of benzene rings is 1. The molecule has 0 unspecified atom stereocenters. The highest BCUT2D eigenvalue weighted by molar-refractivity contribution is 7.88. The Hall–Kier alpha value is -1.11. The van der Waals surface area contributed by atoms with E-state index in [0.717, 1.165) is 16.1 Å². The number of carbonyl (C=O) groups is 1. The molecule has 0 aliphatic rings. The predicted octanol–water partition coefficient (Wildman–Crippen LogP) is 1.63. The van der Waals surface area contributed by atoms with Crippen molar-refractivity contribution in [1.29, 1.82) is 0 Å². The number of carbonyl (C=O) groups excluding carboxylic acids is 1. The second-order valence-corrected chi connectivity index (χ2v) is 6.85. The topological polar surface area (TPSA) is 66.5 Å². The summed E-state index contributed by atoms with van der Waals surface area (Å²) >= 11 is 5.98. The highest BCUT2D eigenvalue weighted by Crippen LogP contribution is 2.14. The van der Waals surface area contributed by atoms with Gasteiger partial charge in [-0.1, -0.05) is 36.7 Å². The number of nitrogens with zero attached hydrogens (tertiary/aromatic N) is 1. The van der Waals surface area contributed by atoms with Gasteiger partial charge in [0.1, 0.15) is 0 Å². The van der Waals surface area contributed by atoms with Crippen molar-refractivity contribution in [1.82, 2.24) is 9.62 Å². The number of sulfonamides is 1. The van der Waals surface area contributed by atoms with E-state index in [0.29, 0.717) is 18.0 Å². The molecule has 0 saturated carbocycles. The third-order valence-electron chi connectivity index (χ3n) is 2.70. The normalized spacial score (nSPS) is 11.6. The van der Waals surface area contributed by atoms with Gasteiger partial charge in [0.15, 0.2) is 0 Å². The van der Waals surface area contributed by atoms with Gasteiger partial charge in [0.05, 0.1) is 12.8 Å². The smallest absolute Gasteiger partial charge is 0.235 e. The van der Waals surface area contributed by atoms with E-state index in [1.54, 1.807) is 12.1 Å². The average Bonchev–Trinajstić information content (AvgIpc) is 2.36. The van der Waals surface area contributed by atoms with Crippen LogP contribution >= 0.6 is 11.6 Å². The Morgan fingerprint density at radius 1 is 1.35 bits per heavy atom. The molecule has 5 nitrogen and oxygen atoms in total. The van der Waals surface area contributed by atoms with E-state index in [2.05, 4.69) is 5.32 Å². The molecule has 1 N–H and O–H groups in total. The van der Waals surface area contributed by atoms with Crippen molar-refractivity contribution in [2.45, 2.75) is 19.9 Å². The van der Waals surface area contributed by atoms with E-state index in [9.17, 15) is 13.2 Å². The lowest BCUT2D eigenvalue weighted by molar-refractivity contribution is -0.121. The molecule has 1 amide bonds. The molecule has 0 atom stereocenters. The number of hydrogen-bond acceptors (Lipinski definition) is 3. The van der Waals surface area contributed by atoms with Crippen LogP contribution in [0.5, 0.6) is 0 Å². The average molecular weight is 319 g/mol. The fraction of sp³-hybridized carbons (Fsp3) is 0.462. The van der Waals surface area contributed by atoms with Crippen LogP contribution in [-0.4, -0.2) is 38.0 Å². The zero-order valence-electron chi connectivity index (χ0n) is 11.6. The lowest BCUT2D eigenvalue weighted by atomic mass is 10.2. The number of amides is 1. The summed E-state index contributed by atoms with van der Waals surface area (Å²) < 4.78 is 24.2. The SMILES string of the molecule is CCCN(CC(=O)NCc1ccccc1Cl)S(C)(=O)=O. The molecule has 0 spiro atoms. The minimum Gasteiger partial charge on any atom is -0.351 e. The molecule has 0 aliphatic heterocycles. The van der Waals surface area contributed by atoms with E-state index < -0.39 is 10.0 Å². The molecule has 0 fully saturated rings. The zero-order chi connectivity index (χ0) is 15.2. The highest BCUT2D eigenvalue weighted by atomic mass is 35.5. The Bertz CT molecular complexity index is 560. The molecule has 112 valence electrons. The van der Waals surface area contributed by atoms with Crippen molar-refractivity contribution in [2.24, 2.45) is 0 Å². The molecule has 1 aromatic carbocycles. The lowest BCUT2D eigenvalue weighted by Gasteiger charge is -2.18. The van der Waals surface area contributed by atoms with Crippen molar-refractivity contribution in [3.63, 3.8) is 0 Å². The fourth-order valence-corrected chi connectivity index (χ4v) is 2.73. The first-order chi connectivity index (χ1) is 9.34. The Kier molecular flexibility index (Phi) is 6.45. The molecule has 7 heteroatoms. The first-order valence-corrected chi connectivity index (χ1v) is 8.52. The highest BCUT2D eigenvalue weighted by Gasteiger charge is 2.18. The van der Waals surface area contributed by atoms with Crippen LogP contribution in [0.2, 0.25) is 5.02 Å². The molecule has 0 aliphatic carbocycles. The Morgan fingerprint density at radius 2 is 2.00 bits per heavy atom. The van der Waals surface area contributed by atoms with Gasteiger partial charge in [-0.15, -0.1) is 0 Å². The first kappa shape index (κ1) is 16.9. The molecule has 0 radical (unpaired) electrons. The second kappa shape index (κ2) is 7.61. The molecule has 20 heavy (non-hydrogen) atoms. The summed E-state index contributed by atoms with van der Waals surface area (Å²) in [6, 6.07) is 7.18. The van der Waals surface area contributed by atoms with Gasteiger partial charge in [-0.25, -0.2) is 8.42 Å². The summed E-state index contributed by atoms with van der Waals surface area (Å²) in [7, 11) is -3.37. The molecule has 1 rings (SSSR count). The van der Waals surface area contributed by atoms with Gasteiger partial charge in [-0.2, -0.15) is 4.31 Å². The minimum atomic E-state index is -3.37. The van der Waals surface area contributed by atoms with Crippen LogP contribution in [0, 0.1) is 0 Å². The van der Waals surface area contributed by atoms with Crippen molar-refractivity contribution in [3.8, 4) is 0 Å². The van der Waals surface area contributed by atoms with E-state index in [-0.39, 0.29) is 19.0 Å². The summed E-state index contributed by atoms with van der Waals surface area (Å²) in [6.07, 6.45) is 1.76. The van der Waals surface area contributed by atoms with Gasteiger partial charge < -0.3 is 5.32 Å². The van der Waals surface area contributed by atoms with Crippen LogP contribution in [-0.2, 0) is 21.4 Å². The van der Waals surface area contributed by atoms with Gasteiger partial charge in [0.25, 0.3) is 0 Å². The van der Waals surface area contributed by atoms with Gasteiger partial charge in [-0.3, -0.25) is 4.79 Å². The van der Waals surface area contributed by atoms with Crippen molar-refractivity contribution < 1.29 is 13.2 Å². The van der Waals surface area contributed by atoms with E-state index in [4.69, 9.17) is 11.6 Å². The van der Waals surface area contributed by atoms with Crippen LogP contribution < -0.4 is 5.32 Å². The molecule has 0 bridgehead atoms. The molecule has 0 aromatic heterocycles. The molecule has 0 saturated heterocycles. The van der Waals surface area contributed by atoms with E-state index in [1.807, 2.05) is 19.1 Å². The summed E-state index contributed by atoms with van der Waals surface area (Å²) in [5.41, 5.74) is 0.795. The maximum atomic E-state index is 11.8. The van der Waals surface area contributed by atoms with Gasteiger partial charge in [-0.05, 0) is 18.1 Å². The minimum absolute atomic E-state index is 0.170. The van der Waals surface area contributed by atoms with E-state index >= 15 is 0 Å². The standard InChI is InChI=1S/C13H19ClN2O3S/c1-3-8-16(20(2,18)19)10-13(17)15-9-11-6-4-5-7-12(11)14/h4-7H,3,8-10H2,1-2H3,(H,15,17). The van der Waals surface area contributed by atoms with Crippen LogP contribution in [0.25, 0.3) is 0 Å². The van der Waals surface area contributed by atoms with Crippen LogP contribution in [0.1, 0.15) is 18.9 Å². The zero-order valence-corrected chi connectivity index (χ0v) is 13.2. The quantitative estimate of drug-likeness (QED) is 0.831. The monoisotopic (exact) mass is 318 g/mol. The van der Waals surface area contributed by atoms with Crippen LogP contribution in [0.4, 0.5) is 0 Å². The second-order valence-electron chi connectivity index (χ2n) is 4.46. The maximum Gasteiger partial charge on any atom is 0.235 e. The predicted molar refractivity (Wildman–Crippen MR) is 80.0 cm³/mol. The van der Waals surface area contributed by atoms with Crippen molar-refractivity contribution >= 4 is 27.5 Å². The fourth-order valence-electron chi connectivity index (χ4n) is 1.66. The van der Waals surface area contributed by atoms with E-state index in [1.165, 1.54) is 0 Å². The van der Waals surface area contributed by atoms with Crippen LogP contribution in [0.15, 0.2) is 24.3 Å². The number of nitrogens with one attached hydrogen (secondary N) is 1. The summed E-state index contributed by atoms with van der Waals surface area (Å²) in [4.78, 5) is 11.8. The first-order valence-electron chi connectivity index (χ1n) is 6.29. The van der Waals surface area contributed by atoms with Gasteiger partial charge in [0, 0.05) is 18.1 Å². The van der Waals surface area contributed by atoms with Crippen LogP contribution in [0.3, 0.4) is 0 Å². The molecule has 0 heterocycles. The third-order valence-corrected chi connectivity index (χ3v) is 4.31. The van der Waals surface area contributed by atoms with Crippen molar-refractivity contribution in [2.75, 3.05) is 19.3 Å². The lowest BCUT2D eigenvalue weighted by Crippen LogP contribution is -2.40. The summed E-state index contributed by atoms with van der Waals surface area (Å²) in [5.74, 6) is -0.344. The Balaban J connectivity index is 2.57. The van der Waals surface area contributed by atoms with Gasteiger partial charge in [0.2, 0.25) is 15.9 Å². The number of halogens is 1. The number of rotatable bonds is 7. The van der Waals surface area contributed by atoms with Gasteiger partial charge >= 0.3 is 0 Å². The number of hydrogen-bond donors (Lipinski definition) is 1. The van der Waals surface area contributed by atoms with Crippen molar-refractivity contribution in [3.05, 3.63) is 34.9 Å². The third kappa shape index (κ3) is 5.48. The molecular weight excluding hydrogens is 300 g/mol. The molecular formula is C13H19ClN2O3S. The summed E-state index contributed by atoms with van der Waals surface area (Å²) in [5, 5.41) is 3.24. The molecule has 1 aromatic rings. The largest absolute Gasteiger partial charge is 0.351 e.